The number of carbonyl (C=O) groups excluding carboxylic acids is 1. The van der Waals surface area contributed by atoms with E-state index in [1.54, 1.807) is 0 Å². The van der Waals surface area contributed by atoms with Crippen LogP contribution in [0, 0.1) is 20.8 Å². The average molecular weight is 341 g/mol. The highest BCUT2D eigenvalue weighted by atomic mass is 16.2. The van der Waals surface area contributed by atoms with Crippen molar-refractivity contribution in [3.05, 3.63) is 41.3 Å². The van der Waals surface area contributed by atoms with Crippen LogP contribution in [0.25, 0.3) is 0 Å². The standard InChI is InChI=1S/C19H27N5O/c1-14-6-4-8-18(21-14)20-13-17-7-5-10-23(17)19(25)9-11-24-16(3)12-15(2)22-24/h4,6,8,12,17H,5,7,9-11,13H2,1-3H3,(H,20,21). The number of likely N-dealkylation sites (tertiary alicyclic amines) is 1. The van der Waals surface area contributed by atoms with Gasteiger partial charge in [-0.3, -0.25) is 9.48 Å². The molecule has 2 aromatic rings. The molecule has 1 aliphatic heterocycles. The summed E-state index contributed by atoms with van der Waals surface area (Å²) >= 11 is 0. The van der Waals surface area contributed by atoms with Crippen molar-refractivity contribution in [1.82, 2.24) is 19.7 Å². The Kier molecular flexibility index (Phi) is 5.36. The maximum atomic E-state index is 12.7. The highest BCUT2D eigenvalue weighted by Crippen LogP contribution is 2.19. The van der Waals surface area contributed by atoms with Crippen LogP contribution in [-0.2, 0) is 11.3 Å². The van der Waals surface area contributed by atoms with E-state index in [1.165, 1.54) is 0 Å². The monoisotopic (exact) mass is 341 g/mol. The maximum absolute atomic E-state index is 12.7. The van der Waals surface area contributed by atoms with Gasteiger partial charge in [-0.2, -0.15) is 5.10 Å². The molecule has 0 aromatic carbocycles. The van der Waals surface area contributed by atoms with Crippen molar-refractivity contribution in [2.24, 2.45) is 0 Å². The molecular weight excluding hydrogens is 314 g/mol. The molecule has 1 fully saturated rings. The third-order valence-corrected chi connectivity index (χ3v) is 4.75. The molecule has 1 aliphatic rings. The fraction of sp³-hybridized carbons (Fsp3) is 0.526. The van der Waals surface area contributed by atoms with Crippen molar-refractivity contribution in [3.8, 4) is 0 Å². The Bertz CT molecular complexity index is 739. The van der Waals surface area contributed by atoms with Gasteiger partial charge in [-0.1, -0.05) is 6.07 Å². The van der Waals surface area contributed by atoms with Crippen LogP contribution in [0.4, 0.5) is 5.82 Å². The molecular formula is C19H27N5O. The van der Waals surface area contributed by atoms with Gasteiger partial charge in [0, 0.05) is 43.5 Å². The minimum absolute atomic E-state index is 0.217. The second kappa shape index (κ2) is 7.68. The van der Waals surface area contributed by atoms with E-state index in [1.807, 2.05) is 54.6 Å². The van der Waals surface area contributed by atoms with Crippen LogP contribution >= 0.6 is 0 Å². The number of amides is 1. The van der Waals surface area contributed by atoms with Gasteiger partial charge in [0.2, 0.25) is 5.91 Å². The first-order valence-corrected chi connectivity index (χ1v) is 9.01. The second-order valence-electron chi connectivity index (χ2n) is 6.83. The molecule has 1 amide bonds. The van der Waals surface area contributed by atoms with Gasteiger partial charge in [0.15, 0.2) is 0 Å². The van der Waals surface area contributed by atoms with Crippen molar-refractivity contribution in [2.45, 2.75) is 52.6 Å². The number of aryl methyl sites for hydroxylation is 4. The molecule has 0 aliphatic carbocycles. The normalized spacial score (nSPS) is 17.1. The molecule has 0 bridgehead atoms. The molecule has 3 heterocycles. The zero-order valence-electron chi connectivity index (χ0n) is 15.3. The molecule has 6 nitrogen and oxygen atoms in total. The molecule has 25 heavy (non-hydrogen) atoms. The van der Waals surface area contributed by atoms with E-state index < -0.39 is 0 Å². The number of rotatable bonds is 6. The quantitative estimate of drug-likeness (QED) is 0.877. The van der Waals surface area contributed by atoms with E-state index in [0.717, 1.165) is 48.8 Å². The maximum Gasteiger partial charge on any atom is 0.224 e. The minimum atomic E-state index is 0.217. The van der Waals surface area contributed by atoms with Crippen molar-refractivity contribution >= 4 is 11.7 Å². The summed E-state index contributed by atoms with van der Waals surface area (Å²) in [5.41, 5.74) is 3.10. The van der Waals surface area contributed by atoms with Crippen LogP contribution in [-0.4, -0.2) is 44.7 Å². The van der Waals surface area contributed by atoms with Crippen molar-refractivity contribution in [3.63, 3.8) is 0 Å². The highest BCUT2D eigenvalue weighted by molar-refractivity contribution is 5.76. The lowest BCUT2D eigenvalue weighted by Gasteiger charge is -2.25. The molecule has 0 saturated carbocycles. The largest absolute Gasteiger partial charge is 0.368 e. The number of pyridine rings is 1. The Labute approximate surface area is 149 Å². The Morgan fingerprint density at radius 3 is 2.84 bits per heavy atom. The van der Waals surface area contributed by atoms with Crippen molar-refractivity contribution < 1.29 is 4.79 Å². The Morgan fingerprint density at radius 1 is 1.28 bits per heavy atom. The third kappa shape index (κ3) is 4.38. The lowest BCUT2D eigenvalue weighted by atomic mass is 10.2. The number of carbonyl (C=O) groups is 1. The molecule has 0 radical (unpaired) electrons. The molecule has 134 valence electrons. The zero-order valence-corrected chi connectivity index (χ0v) is 15.3. The first kappa shape index (κ1) is 17.5. The summed E-state index contributed by atoms with van der Waals surface area (Å²) in [6.07, 6.45) is 2.62. The fourth-order valence-electron chi connectivity index (χ4n) is 3.49. The first-order chi connectivity index (χ1) is 12.0. The third-order valence-electron chi connectivity index (χ3n) is 4.75. The minimum Gasteiger partial charge on any atom is -0.368 e. The van der Waals surface area contributed by atoms with Gasteiger partial charge in [-0.25, -0.2) is 4.98 Å². The van der Waals surface area contributed by atoms with Gasteiger partial charge < -0.3 is 10.2 Å². The fourth-order valence-corrected chi connectivity index (χ4v) is 3.49. The summed E-state index contributed by atoms with van der Waals surface area (Å²) in [7, 11) is 0. The molecule has 1 atom stereocenters. The topological polar surface area (TPSA) is 63.1 Å². The van der Waals surface area contributed by atoms with E-state index in [-0.39, 0.29) is 11.9 Å². The van der Waals surface area contributed by atoms with E-state index in [2.05, 4.69) is 15.4 Å². The SMILES string of the molecule is Cc1cccc(NCC2CCCN2C(=O)CCn2nc(C)cc2C)n1. The van der Waals surface area contributed by atoms with Gasteiger partial charge in [-0.15, -0.1) is 0 Å². The number of hydrogen-bond donors (Lipinski definition) is 1. The van der Waals surface area contributed by atoms with Gasteiger partial charge >= 0.3 is 0 Å². The highest BCUT2D eigenvalue weighted by Gasteiger charge is 2.28. The summed E-state index contributed by atoms with van der Waals surface area (Å²) in [4.78, 5) is 19.1. The van der Waals surface area contributed by atoms with Gasteiger partial charge in [0.25, 0.3) is 0 Å². The summed E-state index contributed by atoms with van der Waals surface area (Å²) in [5, 5.41) is 7.81. The van der Waals surface area contributed by atoms with E-state index >= 15 is 0 Å². The molecule has 0 spiro atoms. The van der Waals surface area contributed by atoms with Crippen LogP contribution in [0.5, 0.6) is 0 Å². The Balaban J connectivity index is 1.53. The lowest BCUT2D eigenvalue weighted by molar-refractivity contribution is -0.132. The molecule has 1 N–H and O–H groups in total. The smallest absolute Gasteiger partial charge is 0.224 e. The summed E-state index contributed by atoms with van der Waals surface area (Å²) < 4.78 is 1.92. The molecule has 3 rings (SSSR count). The van der Waals surface area contributed by atoms with Crippen LogP contribution in [0.15, 0.2) is 24.3 Å². The lowest BCUT2D eigenvalue weighted by Crippen LogP contribution is -2.40. The van der Waals surface area contributed by atoms with Crippen LogP contribution < -0.4 is 5.32 Å². The predicted octanol–water partition coefficient (Wildman–Crippen LogP) is 2.70. The van der Waals surface area contributed by atoms with E-state index in [9.17, 15) is 4.79 Å². The number of nitrogens with zero attached hydrogens (tertiary/aromatic N) is 4. The Morgan fingerprint density at radius 2 is 2.12 bits per heavy atom. The number of hydrogen-bond acceptors (Lipinski definition) is 4. The van der Waals surface area contributed by atoms with Crippen molar-refractivity contribution in [1.29, 1.82) is 0 Å². The second-order valence-corrected chi connectivity index (χ2v) is 6.83. The van der Waals surface area contributed by atoms with Crippen LogP contribution in [0.2, 0.25) is 0 Å². The first-order valence-electron chi connectivity index (χ1n) is 9.01. The number of anilines is 1. The molecule has 6 heteroatoms. The number of nitrogens with one attached hydrogen (secondary N) is 1. The summed E-state index contributed by atoms with van der Waals surface area (Å²) in [6.45, 7) is 8.24. The van der Waals surface area contributed by atoms with E-state index in [4.69, 9.17) is 0 Å². The molecule has 1 saturated heterocycles. The van der Waals surface area contributed by atoms with Crippen molar-refractivity contribution in [2.75, 3.05) is 18.4 Å². The number of aromatic nitrogens is 3. The molecule has 2 aromatic heterocycles. The van der Waals surface area contributed by atoms with Gasteiger partial charge in [0.1, 0.15) is 5.82 Å². The zero-order chi connectivity index (χ0) is 17.8. The Hall–Kier alpha value is -2.37. The average Bonchev–Trinajstić information content (AvgIpc) is 3.17. The van der Waals surface area contributed by atoms with Gasteiger partial charge in [0.05, 0.1) is 5.69 Å². The van der Waals surface area contributed by atoms with Crippen LogP contribution in [0.3, 0.4) is 0 Å². The predicted molar refractivity (Wildman–Crippen MR) is 98.5 cm³/mol. The van der Waals surface area contributed by atoms with Gasteiger partial charge in [-0.05, 0) is 51.8 Å². The summed E-state index contributed by atoms with van der Waals surface area (Å²) in [6, 6.07) is 8.24. The molecule has 1 unspecified atom stereocenters. The summed E-state index contributed by atoms with van der Waals surface area (Å²) in [5.74, 6) is 1.09. The van der Waals surface area contributed by atoms with E-state index in [0.29, 0.717) is 13.0 Å². The van der Waals surface area contributed by atoms with Crippen LogP contribution in [0.1, 0.15) is 36.3 Å².